The van der Waals surface area contributed by atoms with E-state index in [2.05, 4.69) is 53.4 Å². The zero-order valence-corrected chi connectivity index (χ0v) is 14.7. The number of hydrogen-bond donors (Lipinski definition) is 1. The van der Waals surface area contributed by atoms with E-state index in [9.17, 15) is 5.11 Å². The zero-order chi connectivity index (χ0) is 17.1. The number of aliphatic hydroxyl groups is 1. The lowest BCUT2D eigenvalue weighted by atomic mass is 9.89. The van der Waals surface area contributed by atoms with Crippen molar-refractivity contribution in [3.05, 3.63) is 70.8 Å². The van der Waals surface area contributed by atoms with Gasteiger partial charge in [-0.3, -0.25) is 4.90 Å². The molecule has 2 atom stereocenters. The minimum atomic E-state index is -0.431. The Balaban J connectivity index is 1.30. The van der Waals surface area contributed by atoms with Crippen molar-refractivity contribution in [1.82, 2.24) is 4.90 Å². The second kappa shape index (κ2) is 7.69. The maximum Gasteiger partial charge on any atom is 0.0900 e. The quantitative estimate of drug-likeness (QED) is 0.906. The van der Waals surface area contributed by atoms with Gasteiger partial charge < -0.3 is 9.84 Å². The molecule has 0 fully saturated rings. The van der Waals surface area contributed by atoms with Crippen molar-refractivity contribution >= 4 is 0 Å². The lowest BCUT2D eigenvalue weighted by Gasteiger charge is -2.31. The molecule has 1 heterocycles. The zero-order valence-electron chi connectivity index (χ0n) is 14.7. The second-order valence-electron chi connectivity index (χ2n) is 7.32. The topological polar surface area (TPSA) is 32.7 Å². The molecule has 3 nitrogen and oxygen atoms in total. The highest BCUT2D eigenvalue weighted by Gasteiger charge is 2.23. The van der Waals surface area contributed by atoms with Crippen LogP contribution in [0.5, 0.6) is 0 Å². The van der Waals surface area contributed by atoms with Crippen molar-refractivity contribution in [2.75, 3.05) is 19.7 Å². The standard InChI is InChI=1S/C22H27NO2/c24-20(15-23-13-12-17-6-1-2-8-19(17)14-23)16-25-22-11-5-9-18-7-3-4-10-21(18)22/h1-4,6-8,10,20,22,24H,5,9,11-16H2/t20-,22+/m0/s1. The fraction of sp³-hybridized carbons (Fsp3) is 0.455. The van der Waals surface area contributed by atoms with Gasteiger partial charge in [-0.05, 0) is 47.9 Å². The predicted octanol–water partition coefficient (Wildman–Crippen LogP) is 3.50. The summed E-state index contributed by atoms with van der Waals surface area (Å²) in [4.78, 5) is 2.34. The number of aryl methyl sites for hydroxylation is 1. The molecule has 0 amide bonds. The van der Waals surface area contributed by atoms with E-state index in [0.717, 1.165) is 32.4 Å². The Hall–Kier alpha value is -1.68. The molecule has 2 aromatic carbocycles. The van der Waals surface area contributed by atoms with Crippen LogP contribution in [0.25, 0.3) is 0 Å². The van der Waals surface area contributed by atoms with E-state index < -0.39 is 6.10 Å². The van der Waals surface area contributed by atoms with Crippen LogP contribution in [-0.2, 0) is 24.1 Å². The van der Waals surface area contributed by atoms with Crippen molar-refractivity contribution in [3.63, 3.8) is 0 Å². The van der Waals surface area contributed by atoms with Crippen LogP contribution in [0.1, 0.15) is 41.2 Å². The molecule has 3 heteroatoms. The van der Waals surface area contributed by atoms with Crippen molar-refractivity contribution in [2.24, 2.45) is 0 Å². The van der Waals surface area contributed by atoms with Gasteiger partial charge in [0.15, 0.2) is 0 Å². The molecule has 132 valence electrons. The lowest BCUT2D eigenvalue weighted by molar-refractivity contribution is -0.0293. The van der Waals surface area contributed by atoms with Crippen LogP contribution in [-0.4, -0.2) is 35.8 Å². The van der Waals surface area contributed by atoms with Gasteiger partial charge in [-0.1, -0.05) is 48.5 Å². The molecule has 0 unspecified atom stereocenters. The number of hydrogen-bond acceptors (Lipinski definition) is 3. The Morgan fingerprint density at radius 1 is 1.00 bits per heavy atom. The van der Waals surface area contributed by atoms with Crippen LogP contribution >= 0.6 is 0 Å². The molecule has 0 radical (unpaired) electrons. The number of ether oxygens (including phenoxy) is 1. The summed E-state index contributed by atoms with van der Waals surface area (Å²) >= 11 is 0. The van der Waals surface area contributed by atoms with Crippen molar-refractivity contribution < 1.29 is 9.84 Å². The molecule has 25 heavy (non-hydrogen) atoms. The van der Waals surface area contributed by atoms with E-state index >= 15 is 0 Å². The van der Waals surface area contributed by atoms with E-state index in [1.807, 2.05) is 0 Å². The largest absolute Gasteiger partial charge is 0.389 e. The molecule has 4 rings (SSSR count). The maximum atomic E-state index is 10.5. The Kier molecular flexibility index (Phi) is 5.16. The summed E-state index contributed by atoms with van der Waals surface area (Å²) in [5.74, 6) is 0. The van der Waals surface area contributed by atoms with Gasteiger partial charge in [0.1, 0.15) is 0 Å². The summed E-state index contributed by atoms with van der Waals surface area (Å²) in [6.07, 6.45) is 4.15. The number of benzene rings is 2. The number of aliphatic hydroxyl groups excluding tert-OH is 1. The lowest BCUT2D eigenvalue weighted by Crippen LogP contribution is -2.38. The summed E-state index contributed by atoms with van der Waals surface area (Å²) in [7, 11) is 0. The molecule has 2 aliphatic rings. The number of nitrogens with zero attached hydrogens (tertiary/aromatic N) is 1. The molecule has 1 aliphatic carbocycles. The van der Waals surface area contributed by atoms with Crippen molar-refractivity contribution in [2.45, 2.75) is 44.4 Å². The number of rotatable bonds is 5. The first-order valence-corrected chi connectivity index (χ1v) is 9.46. The minimum absolute atomic E-state index is 0.140. The molecular formula is C22H27NO2. The third kappa shape index (κ3) is 3.95. The van der Waals surface area contributed by atoms with Crippen LogP contribution in [0, 0.1) is 0 Å². The summed E-state index contributed by atoms with van der Waals surface area (Å²) in [6, 6.07) is 17.2. The van der Waals surface area contributed by atoms with E-state index in [1.54, 1.807) is 0 Å². The van der Waals surface area contributed by atoms with Gasteiger partial charge in [0.2, 0.25) is 0 Å². The predicted molar refractivity (Wildman–Crippen MR) is 99.5 cm³/mol. The maximum absolute atomic E-state index is 10.5. The summed E-state index contributed by atoms with van der Waals surface area (Å²) < 4.78 is 6.11. The van der Waals surface area contributed by atoms with Gasteiger partial charge in [0, 0.05) is 19.6 Å². The first-order valence-electron chi connectivity index (χ1n) is 9.46. The van der Waals surface area contributed by atoms with Crippen molar-refractivity contribution in [3.8, 4) is 0 Å². The monoisotopic (exact) mass is 337 g/mol. The summed E-state index contributed by atoms with van der Waals surface area (Å²) in [6.45, 7) is 3.04. The van der Waals surface area contributed by atoms with E-state index in [4.69, 9.17) is 4.74 Å². The first-order chi connectivity index (χ1) is 12.3. The molecule has 0 saturated heterocycles. The average Bonchev–Trinajstić information content (AvgIpc) is 2.66. The Labute approximate surface area is 150 Å². The highest BCUT2D eigenvalue weighted by Crippen LogP contribution is 2.32. The summed E-state index contributed by atoms with van der Waals surface area (Å²) in [5, 5.41) is 10.5. The normalized spacial score (nSPS) is 21.4. The Morgan fingerprint density at radius 3 is 2.64 bits per heavy atom. The van der Waals surface area contributed by atoms with Gasteiger partial charge in [-0.25, -0.2) is 0 Å². The van der Waals surface area contributed by atoms with Gasteiger partial charge >= 0.3 is 0 Å². The first kappa shape index (κ1) is 16.8. The van der Waals surface area contributed by atoms with Gasteiger partial charge in [0.05, 0.1) is 18.8 Å². The number of fused-ring (bicyclic) bond motifs is 2. The molecule has 1 N–H and O–H groups in total. The molecule has 0 aromatic heterocycles. The van der Waals surface area contributed by atoms with Crippen LogP contribution < -0.4 is 0 Å². The minimum Gasteiger partial charge on any atom is -0.389 e. The van der Waals surface area contributed by atoms with Gasteiger partial charge in [-0.15, -0.1) is 0 Å². The van der Waals surface area contributed by atoms with Gasteiger partial charge in [0.25, 0.3) is 0 Å². The van der Waals surface area contributed by atoms with Crippen LogP contribution in [0.4, 0.5) is 0 Å². The third-order valence-electron chi connectivity index (χ3n) is 5.48. The molecule has 0 saturated carbocycles. The Morgan fingerprint density at radius 2 is 1.76 bits per heavy atom. The van der Waals surface area contributed by atoms with E-state index in [0.29, 0.717) is 13.2 Å². The van der Waals surface area contributed by atoms with E-state index in [1.165, 1.54) is 28.7 Å². The average molecular weight is 337 g/mol. The molecule has 0 bridgehead atoms. The van der Waals surface area contributed by atoms with Gasteiger partial charge in [-0.2, -0.15) is 0 Å². The SMILES string of the molecule is O[C@H](CO[C@@H]1CCCc2ccccc21)CN1CCc2ccccc2C1. The third-order valence-corrected chi connectivity index (χ3v) is 5.48. The highest BCUT2D eigenvalue weighted by molar-refractivity contribution is 5.31. The fourth-order valence-corrected chi connectivity index (χ4v) is 4.17. The van der Waals surface area contributed by atoms with Crippen LogP contribution in [0.15, 0.2) is 48.5 Å². The van der Waals surface area contributed by atoms with Crippen LogP contribution in [0.3, 0.4) is 0 Å². The smallest absolute Gasteiger partial charge is 0.0900 e. The van der Waals surface area contributed by atoms with E-state index in [-0.39, 0.29) is 6.10 Å². The molecule has 1 aliphatic heterocycles. The highest BCUT2D eigenvalue weighted by atomic mass is 16.5. The summed E-state index contributed by atoms with van der Waals surface area (Å²) in [5.41, 5.74) is 5.56. The van der Waals surface area contributed by atoms with Crippen molar-refractivity contribution in [1.29, 1.82) is 0 Å². The Bertz CT molecular complexity index is 715. The number of β-amino-alcohol motifs (C(OH)–C–C–N with tert-alkyl or cyclic N) is 1. The fourth-order valence-electron chi connectivity index (χ4n) is 4.17. The molecule has 0 spiro atoms. The molecular weight excluding hydrogens is 310 g/mol. The molecule has 2 aromatic rings. The second-order valence-corrected chi connectivity index (χ2v) is 7.32. The van der Waals surface area contributed by atoms with Crippen LogP contribution in [0.2, 0.25) is 0 Å².